The molecule has 20 heavy (non-hydrogen) atoms. The summed E-state index contributed by atoms with van der Waals surface area (Å²) in [5.41, 5.74) is 3.82. The molecule has 0 saturated carbocycles. The largest absolute Gasteiger partial charge is 0.500 e. The third-order valence-corrected chi connectivity index (χ3v) is 3.48. The minimum atomic E-state index is -2.37. The minimum absolute atomic E-state index is 0.243. The molecule has 0 fully saturated rings. The first-order chi connectivity index (χ1) is 9.65. The zero-order valence-corrected chi connectivity index (χ0v) is 11.9. The zero-order chi connectivity index (χ0) is 14.5. The molecule has 0 bridgehead atoms. The molecule has 6 heteroatoms. The standard InChI is InChI=1S/C14H21F2N3O/c1-3-5-10-6-4-7-11(13(10)20-2)14-17-9-19(18-14)8-12(15)16/h4,7,10,12H,3,5-6,8-9H2,1-2H3,(H,17,18). The molecule has 112 valence electrons. The number of halogens is 2. The van der Waals surface area contributed by atoms with Crippen LogP contribution >= 0.6 is 0 Å². The zero-order valence-electron chi connectivity index (χ0n) is 11.9. The summed E-state index contributed by atoms with van der Waals surface area (Å²) in [4.78, 5) is 4.30. The van der Waals surface area contributed by atoms with E-state index >= 15 is 0 Å². The molecule has 0 radical (unpaired) electrons. The van der Waals surface area contributed by atoms with Crippen molar-refractivity contribution in [2.45, 2.75) is 32.6 Å². The molecule has 1 heterocycles. The average Bonchev–Trinajstić information content (AvgIpc) is 2.86. The molecule has 0 amide bonds. The summed E-state index contributed by atoms with van der Waals surface area (Å²) < 4.78 is 30.3. The van der Waals surface area contributed by atoms with E-state index in [1.165, 1.54) is 5.01 Å². The Kier molecular flexibility index (Phi) is 5.11. The predicted molar refractivity (Wildman–Crippen MR) is 74.3 cm³/mol. The quantitative estimate of drug-likeness (QED) is 0.815. The maximum absolute atomic E-state index is 12.4. The van der Waals surface area contributed by atoms with Gasteiger partial charge in [-0.25, -0.2) is 13.8 Å². The topological polar surface area (TPSA) is 36.9 Å². The van der Waals surface area contributed by atoms with Gasteiger partial charge in [-0.15, -0.1) is 0 Å². The molecule has 0 aromatic heterocycles. The number of allylic oxidation sites excluding steroid dienone is 2. The summed E-state index contributed by atoms with van der Waals surface area (Å²) in [7, 11) is 1.66. The Hall–Kier alpha value is -1.43. The Morgan fingerprint density at radius 2 is 2.35 bits per heavy atom. The van der Waals surface area contributed by atoms with Gasteiger partial charge in [0, 0.05) is 5.92 Å². The molecule has 1 N–H and O–H groups in total. The Labute approximate surface area is 118 Å². The summed E-state index contributed by atoms with van der Waals surface area (Å²) in [5, 5.41) is 1.41. The lowest BCUT2D eigenvalue weighted by Crippen LogP contribution is -2.40. The summed E-state index contributed by atoms with van der Waals surface area (Å²) in [5.74, 6) is 1.87. The molecule has 1 atom stereocenters. The molecule has 1 unspecified atom stereocenters. The molecule has 1 aliphatic carbocycles. The number of hydrogen-bond acceptors (Lipinski definition) is 4. The number of alkyl halides is 2. The van der Waals surface area contributed by atoms with Gasteiger partial charge in [-0.2, -0.15) is 5.01 Å². The third kappa shape index (κ3) is 3.36. The normalized spacial score (nSPS) is 23.2. The van der Waals surface area contributed by atoms with Gasteiger partial charge in [0.25, 0.3) is 6.43 Å². The second-order valence-corrected chi connectivity index (χ2v) is 4.98. The summed E-state index contributed by atoms with van der Waals surface area (Å²) in [6.45, 7) is 2.05. The summed E-state index contributed by atoms with van der Waals surface area (Å²) >= 11 is 0. The lowest BCUT2D eigenvalue weighted by Gasteiger charge is -2.24. The molecule has 1 aliphatic heterocycles. The Balaban J connectivity index is 2.12. The number of ether oxygens (including phenoxy) is 1. The van der Waals surface area contributed by atoms with Crippen LogP contribution in [0.5, 0.6) is 0 Å². The first-order valence-corrected chi connectivity index (χ1v) is 6.95. The van der Waals surface area contributed by atoms with Gasteiger partial charge in [-0.1, -0.05) is 25.5 Å². The van der Waals surface area contributed by atoms with Crippen molar-refractivity contribution in [1.82, 2.24) is 10.4 Å². The van der Waals surface area contributed by atoms with Crippen molar-refractivity contribution >= 4 is 5.84 Å². The summed E-state index contributed by atoms with van der Waals surface area (Å²) in [6, 6.07) is 0. The molecule has 2 aliphatic rings. The van der Waals surface area contributed by atoms with Crippen LogP contribution < -0.4 is 5.43 Å². The number of hydrogen-bond donors (Lipinski definition) is 1. The molecular weight excluding hydrogens is 264 g/mol. The Bertz CT molecular complexity index is 432. The maximum Gasteiger partial charge on any atom is 0.253 e. The number of nitrogens with one attached hydrogen (secondary N) is 1. The Morgan fingerprint density at radius 1 is 1.55 bits per heavy atom. The number of rotatable bonds is 6. The van der Waals surface area contributed by atoms with Crippen molar-refractivity contribution in [3.05, 3.63) is 23.5 Å². The van der Waals surface area contributed by atoms with E-state index in [4.69, 9.17) is 4.74 Å². The van der Waals surface area contributed by atoms with Crippen LogP contribution in [0.1, 0.15) is 26.2 Å². The smallest absolute Gasteiger partial charge is 0.253 e. The van der Waals surface area contributed by atoms with Gasteiger partial charge in [0.15, 0.2) is 0 Å². The predicted octanol–water partition coefficient (Wildman–Crippen LogP) is 2.70. The highest BCUT2D eigenvalue weighted by Gasteiger charge is 2.27. The molecule has 0 spiro atoms. The van der Waals surface area contributed by atoms with Crippen LogP contribution in [0.4, 0.5) is 8.78 Å². The van der Waals surface area contributed by atoms with E-state index in [9.17, 15) is 8.78 Å². The van der Waals surface area contributed by atoms with Crippen LogP contribution in [0, 0.1) is 5.92 Å². The van der Waals surface area contributed by atoms with Gasteiger partial charge >= 0.3 is 0 Å². The van der Waals surface area contributed by atoms with Gasteiger partial charge in [-0.3, -0.25) is 0 Å². The van der Waals surface area contributed by atoms with Gasteiger partial charge in [0.2, 0.25) is 0 Å². The SMILES string of the molecule is CCCC1CC=CC(C2=NCN(CC(F)F)N2)=C1OC. The molecule has 2 rings (SSSR count). The van der Waals surface area contributed by atoms with Crippen molar-refractivity contribution < 1.29 is 13.5 Å². The van der Waals surface area contributed by atoms with Gasteiger partial charge in [-0.05, 0) is 12.8 Å². The fourth-order valence-corrected chi connectivity index (χ4v) is 2.62. The fourth-order valence-electron chi connectivity index (χ4n) is 2.62. The Morgan fingerprint density at radius 3 is 3.00 bits per heavy atom. The van der Waals surface area contributed by atoms with Crippen molar-refractivity contribution in [1.29, 1.82) is 0 Å². The molecular formula is C14H21F2N3O. The van der Waals surface area contributed by atoms with Crippen molar-refractivity contribution in [3.63, 3.8) is 0 Å². The van der Waals surface area contributed by atoms with E-state index in [0.29, 0.717) is 11.8 Å². The lowest BCUT2D eigenvalue weighted by atomic mass is 9.89. The lowest BCUT2D eigenvalue weighted by molar-refractivity contribution is 0.0827. The van der Waals surface area contributed by atoms with Crippen molar-refractivity contribution in [3.8, 4) is 0 Å². The number of aliphatic imine (C=N–C) groups is 1. The van der Waals surface area contributed by atoms with E-state index in [2.05, 4.69) is 23.4 Å². The first-order valence-electron chi connectivity index (χ1n) is 6.95. The third-order valence-electron chi connectivity index (χ3n) is 3.48. The van der Waals surface area contributed by atoms with Crippen LogP contribution in [-0.2, 0) is 4.74 Å². The maximum atomic E-state index is 12.4. The van der Waals surface area contributed by atoms with E-state index < -0.39 is 6.43 Å². The number of amidine groups is 1. The van der Waals surface area contributed by atoms with Crippen LogP contribution in [0.2, 0.25) is 0 Å². The molecule has 0 aromatic carbocycles. The van der Waals surface area contributed by atoms with Crippen LogP contribution in [-0.4, -0.2) is 37.6 Å². The number of nitrogens with zero attached hydrogens (tertiary/aromatic N) is 2. The highest BCUT2D eigenvalue weighted by Crippen LogP contribution is 2.30. The molecule has 0 saturated heterocycles. The summed E-state index contributed by atoms with van der Waals surface area (Å²) in [6.07, 6.45) is 4.76. The highest BCUT2D eigenvalue weighted by molar-refractivity contribution is 6.01. The van der Waals surface area contributed by atoms with Crippen molar-refractivity contribution in [2.75, 3.05) is 20.3 Å². The van der Waals surface area contributed by atoms with Crippen LogP contribution in [0.15, 0.2) is 28.5 Å². The van der Waals surface area contributed by atoms with Gasteiger partial charge < -0.3 is 10.2 Å². The monoisotopic (exact) mass is 285 g/mol. The fraction of sp³-hybridized carbons (Fsp3) is 0.643. The van der Waals surface area contributed by atoms with Gasteiger partial charge in [0.1, 0.15) is 18.3 Å². The second kappa shape index (κ2) is 6.83. The number of hydrazine groups is 1. The molecule has 4 nitrogen and oxygen atoms in total. The average molecular weight is 285 g/mol. The van der Waals surface area contributed by atoms with Crippen LogP contribution in [0.25, 0.3) is 0 Å². The highest BCUT2D eigenvalue weighted by atomic mass is 19.3. The minimum Gasteiger partial charge on any atom is -0.500 e. The van der Waals surface area contributed by atoms with E-state index in [-0.39, 0.29) is 13.2 Å². The van der Waals surface area contributed by atoms with Crippen LogP contribution in [0.3, 0.4) is 0 Å². The van der Waals surface area contributed by atoms with E-state index in [0.717, 1.165) is 30.6 Å². The molecule has 0 aromatic rings. The number of methoxy groups -OCH3 is 1. The van der Waals surface area contributed by atoms with Gasteiger partial charge in [0.05, 0.1) is 19.2 Å². The second-order valence-electron chi connectivity index (χ2n) is 4.98. The van der Waals surface area contributed by atoms with Crippen molar-refractivity contribution in [2.24, 2.45) is 10.9 Å². The van der Waals surface area contributed by atoms with E-state index in [1.807, 2.05) is 6.08 Å². The first kappa shape index (κ1) is 15.0. The van der Waals surface area contributed by atoms with E-state index in [1.54, 1.807) is 7.11 Å².